The molecule has 0 saturated carbocycles. The van der Waals surface area contributed by atoms with Crippen molar-refractivity contribution in [2.45, 2.75) is 6.42 Å². The molecule has 1 aromatic heterocycles. The summed E-state index contributed by atoms with van der Waals surface area (Å²) >= 11 is 0. The van der Waals surface area contributed by atoms with E-state index < -0.39 is 0 Å². The zero-order valence-electron chi connectivity index (χ0n) is 11.0. The van der Waals surface area contributed by atoms with E-state index in [9.17, 15) is 9.59 Å². The largest absolute Gasteiger partial charge is 0.469 e. The van der Waals surface area contributed by atoms with E-state index in [1.165, 1.54) is 30.7 Å². The van der Waals surface area contributed by atoms with E-state index in [1.54, 1.807) is 7.11 Å². The molecule has 19 heavy (non-hydrogen) atoms. The van der Waals surface area contributed by atoms with E-state index in [4.69, 9.17) is 4.74 Å². The highest BCUT2D eigenvalue weighted by Crippen LogP contribution is 2.03. The summed E-state index contributed by atoms with van der Waals surface area (Å²) in [7, 11) is 2.86. The third kappa shape index (κ3) is 5.01. The monoisotopic (exact) mass is 267 g/mol. The van der Waals surface area contributed by atoms with Crippen LogP contribution in [0.25, 0.3) is 0 Å². The molecular weight excluding hydrogens is 250 g/mol. The van der Waals surface area contributed by atoms with Gasteiger partial charge in [-0.05, 0) is 0 Å². The van der Waals surface area contributed by atoms with Gasteiger partial charge in [-0.3, -0.25) is 9.59 Å². The summed E-state index contributed by atoms with van der Waals surface area (Å²) in [5, 5.41) is 0. The summed E-state index contributed by atoms with van der Waals surface area (Å²) < 4.78 is 9.51. The molecule has 0 atom stereocenters. The molecule has 0 aromatic carbocycles. The summed E-state index contributed by atoms with van der Waals surface area (Å²) in [6.45, 7) is 1.05. The van der Waals surface area contributed by atoms with Gasteiger partial charge < -0.3 is 14.4 Å². The predicted octanol–water partition coefficient (Wildman–Crippen LogP) is 0.128. The molecule has 0 N–H and O–H groups in total. The van der Waals surface area contributed by atoms with Crippen LogP contribution in [-0.2, 0) is 14.3 Å². The summed E-state index contributed by atoms with van der Waals surface area (Å²) in [6, 6.07) is 0. The van der Waals surface area contributed by atoms with Crippen LogP contribution in [0.15, 0.2) is 18.7 Å². The number of esters is 1. The van der Waals surface area contributed by atoms with Crippen molar-refractivity contribution in [3.05, 3.63) is 24.3 Å². The Morgan fingerprint density at radius 2 is 1.89 bits per heavy atom. The van der Waals surface area contributed by atoms with Crippen LogP contribution in [0.3, 0.4) is 0 Å². The third-order valence-corrected chi connectivity index (χ3v) is 2.47. The Morgan fingerprint density at radius 3 is 2.47 bits per heavy atom. The molecule has 7 heteroatoms. The molecule has 0 radical (unpaired) electrons. The molecule has 1 heterocycles. The van der Waals surface area contributed by atoms with Gasteiger partial charge in [-0.2, -0.15) is 0 Å². The Labute approximate surface area is 111 Å². The topological polar surface area (TPSA) is 81.6 Å². The predicted molar refractivity (Wildman–Crippen MR) is 66.4 cm³/mol. The minimum atomic E-state index is -0.362. The van der Waals surface area contributed by atoms with Gasteiger partial charge >= 0.3 is 5.97 Å². The Balaban J connectivity index is 2.67. The van der Waals surface area contributed by atoms with Crippen LogP contribution in [0.2, 0.25) is 0 Å². The average molecular weight is 267 g/mol. The molecule has 0 aliphatic rings. The van der Waals surface area contributed by atoms with Crippen molar-refractivity contribution in [3.63, 3.8) is 0 Å². The SMILES string of the molecule is COCCN(CCC(=O)OC)C(=O)c1cncnc1. The fraction of sp³-hybridized carbons (Fsp3) is 0.500. The van der Waals surface area contributed by atoms with Gasteiger partial charge in [0.05, 0.1) is 25.7 Å². The Kier molecular flexibility index (Phi) is 6.45. The van der Waals surface area contributed by atoms with E-state index in [0.29, 0.717) is 18.7 Å². The second kappa shape index (κ2) is 8.15. The first kappa shape index (κ1) is 15.0. The van der Waals surface area contributed by atoms with Crippen molar-refractivity contribution in [3.8, 4) is 0 Å². The van der Waals surface area contributed by atoms with Gasteiger partial charge in [0.15, 0.2) is 0 Å². The maximum Gasteiger partial charge on any atom is 0.307 e. The molecular formula is C12H17N3O4. The van der Waals surface area contributed by atoms with Crippen molar-refractivity contribution in [2.75, 3.05) is 33.9 Å². The fourth-order valence-corrected chi connectivity index (χ4v) is 1.44. The maximum atomic E-state index is 12.2. The molecule has 0 aliphatic carbocycles. The molecule has 104 valence electrons. The van der Waals surface area contributed by atoms with Gasteiger partial charge in [0.1, 0.15) is 6.33 Å². The van der Waals surface area contributed by atoms with Gasteiger partial charge in [0, 0.05) is 32.6 Å². The van der Waals surface area contributed by atoms with Crippen molar-refractivity contribution in [2.24, 2.45) is 0 Å². The molecule has 1 aromatic rings. The summed E-state index contributed by atoms with van der Waals surface area (Å²) in [4.78, 5) is 32.4. The molecule has 0 bridgehead atoms. The molecule has 1 amide bonds. The van der Waals surface area contributed by atoms with Crippen LogP contribution in [0.4, 0.5) is 0 Å². The van der Waals surface area contributed by atoms with E-state index in [2.05, 4.69) is 14.7 Å². The number of methoxy groups -OCH3 is 2. The van der Waals surface area contributed by atoms with E-state index in [-0.39, 0.29) is 24.8 Å². The molecule has 0 unspecified atom stereocenters. The lowest BCUT2D eigenvalue weighted by atomic mass is 10.2. The molecule has 0 saturated heterocycles. The van der Waals surface area contributed by atoms with Crippen LogP contribution in [-0.4, -0.2) is 60.7 Å². The highest BCUT2D eigenvalue weighted by atomic mass is 16.5. The van der Waals surface area contributed by atoms with Gasteiger partial charge in [-0.25, -0.2) is 9.97 Å². The second-order valence-electron chi connectivity index (χ2n) is 3.74. The Bertz CT molecular complexity index is 411. The van der Waals surface area contributed by atoms with E-state index in [1.807, 2.05) is 0 Å². The van der Waals surface area contributed by atoms with Gasteiger partial charge in [0.2, 0.25) is 0 Å². The summed E-state index contributed by atoms with van der Waals surface area (Å²) in [6.07, 6.45) is 4.37. The number of hydrogen-bond acceptors (Lipinski definition) is 6. The van der Waals surface area contributed by atoms with Crippen LogP contribution in [0.1, 0.15) is 16.8 Å². The average Bonchev–Trinajstić information content (AvgIpc) is 2.47. The molecule has 1 rings (SSSR count). The van der Waals surface area contributed by atoms with Gasteiger partial charge in [-0.1, -0.05) is 0 Å². The maximum absolute atomic E-state index is 12.2. The van der Waals surface area contributed by atoms with Crippen LogP contribution >= 0.6 is 0 Å². The second-order valence-corrected chi connectivity index (χ2v) is 3.74. The lowest BCUT2D eigenvalue weighted by molar-refractivity contribution is -0.140. The summed E-state index contributed by atoms with van der Waals surface area (Å²) in [5.74, 6) is -0.596. The Hall–Kier alpha value is -2.02. The molecule has 7 nitrogen and oxygen atoms in total. The zero-order chi connectivity index (χ0) is 14.1. The van der Waals surface area contributed by atoms with Crippen LogP contribution in [0.5, 0.6) is 0 Å². The number of carbonyl (C=O) groups is 2. The molecule has 0 fully saturated rings. The first-order chi connectivity index (χ1) is 9.19. The quantitative estimate of drug-likeness (QED) is 0.653. The number of carbonyl (C=O) groups excluding carboxylic acids is 2. The standard InChI is InChI=1S/C12H17N3O4/c1-18-6-5-15(4-3-11(16)19-2)12(17)10-7-13-9-14-8-10/h7-9H,3-6H2,1-2H3. The fourth-order valence-electron chi connectivity index (χ4n) is 1.44. The van der Waals surface area contributed by atoms with Gasteiger partial charge in [0.25, 0.3) is 5.91 Å². The number of hydrogen-bond donors (Lipinski definition) is 0. The van der Waals surface area contributed by atoms with Gasteiger partial charge in [-0.15, -0.1) is 0 Å². The zero-order valence-corrected chi connectivity index (χ0v) is 11.0. The molecule has 0 aliphatic heterocycles. The number of amides is 1. The lowest BCUT2D eigenvalue weighted by Crippen LogP contribution is -2.36. The number of aromatic nitrogens is 2. The van der Waals surface area contributed by atoms with Crippen molar-refractivity contribution < 1.29 is 19.1 Å². The van der Waals surface area contributed by atoms with Crippen LogP contribution in [0, 0.1) is 0 Å². The van der Waals surface area contributed by atoms with Crippen molar-refractivity contribution in [1.29, 1.82) is 0 Å². The highest BCUT2D eigenvalue weighted by molar-refractivity contribution is 5.93. The number of ether oxygens (including phenoxy) is 2. The number of rotatable bonds is 7. The first-order valence-electron chi connectivity index (χ1n) is 5.79. The minimum absolute atomic E-state index is 0.139. The van der Waals surface area contributed by atoms with E-state index in [0.717, 1.165) is 0 Å². The third-order valence-electron chi connectivity index (χ3n) is 2.47. The van der Waals surface area contributed by atoms with E-state index >= 15 is 0 Å². The summed E-state index contributed by atoms with van der Waals surface area (Å²) in [5.41, 5.74) is 0.378. The van der Waals surface area contributed by atoms with Crippen LogP contribution < -0.4 is 0 Å². The minimum Gasteiger partial charge on any atom is -0.469 e. The van der Waals surface area contributed by atoms with Crippen molar-refractivity contribution in [1.82, 2.24) is 14.9 Å². The Morgan fingerprint density at radius 1 is 1.21 bits per heavy atom. The first-order valence-corrected chi connectivity index (χ1v) is 5.79. The smallest absolute Gasteiger partial charge is 0.307 e. The normalized spacial score (nSPS) is 10.0. The molecule has 0 spiro atoms. The number of nitrogens with zero attached hydrogens (tertiary/aromatic N) is 3. The highest BCUT2D eigenvalue weighted by Gasteiger charge is 2.17. The van der Waals surface area contributed by atoms with Crippen molar-refractivity contribution >= 4 is 11.9 Å². The lowest BCUT2D eigenvalue weighted by Gasteiger charge is -2.21.